The highest BCUT2D eigenvalue weighted by molar-refractivity contribution is 5.92. The van der Waals surface area contributed by atoms with Gasteiger partial charge in [-0.1, -0.05) is 19.7 Å². The Morgan fingerprint density at radius 2 is 1.16 bits per heavy atom. The molecule has 3 amide bonds. The number of epoxide rings is 3. The minimum Gasteiger partial charge on any atom is -0.370 e. The standard InChI is InChI=1S/C16H23NO2.C13H21NO3.C12H19NO2/c1-8(2)16(18)17(3)7-10-4-9-5-11(10)12-6-13-15(19-13)14(9)12;1-9(2)13(15)14(3)8-16-7-10-4-5-11-12(6-10)17-11;1-8(2)12(14)13(3)7-9-4-5-10-11(6-9)15-10/h9-15H,1,4-7H2,2-3H3;10-12H,1,4-8H2,2-3H3;9-11H,1,4-7H2,2-3H3. The van der Waals surface area contributed by atoms with Crippen molar-refractivity contribution in [2.75, 3.05) is 47.6 Å². The molecule has 10 heteroatoms. The van der Waals surface area contributed by atoms with Gasteiger partial charge in [0, 0.05) is 51.0 Å². The van der Waals surface area contributed by atoms with Gasteiger partial charge in [-0.3, -0.25) is 14.4 Å². The van der Waals surface area contributed by atoms with E-state index < -0.39 is 0 Å². The normalized spacial score (nSPS) is 38.1. The summed E-state index contributed by atoms with van der Waals surface area (Å²) in [5.74, 6) is 5.54. The number of fused-ring (bicyclic) bond motifs is 9. The van der Waals surface area contributed by atoms with Crippen LogP contribution in [0.4, 0.5) is 0 Å². The quantitative estimate of drug-likeness (QED) is 0.164. The van der Waals surface area contributed by atoms with Gasteiger partial charge in [0.15, 0.2) is 0 Å². The molecule has 8 fully saturated rings. The molecule has 10 nitrogen and oxygen atoms in total. The fourth-order valence-corrected chi connectivity index (χ4v) is 10.3. The second-order valence-electron chi connectivity index (χ2n) is 17.3. The third kappa shape index (κ3) is 9.17. The van der Waals surface area contributed by atoms with Crippen LogP contribution in [0.2, 0.25) is 0 Å². The molecule has 0 spiro atoms. The van der Waals surface area contributed by atoms with Crippen LogP contribution in [0.3, 0.4) is 0 Å². The van der Waals surface area contributed by atoms with E-state index in [2.05, 4.69) is 19.7 Å². The largest absolute Gasteiger partial charge is 0.370 e. The van der Waals surface area contributed by atoms with Crippen molar-refractivity contribution in [3.05, 3.63) is 36.5 Å². The first kappa shape index (κ1) is 38.2. The predicted molar refractivity (Wildman–Crippen MR) is 195 cm³/mol. The molecule has 13 unspecified atom stereocenters. The van der Waals surface area contributed by atoms with Gasteiger partial charge in [0.05, 0.1) is 43.2 Å². The molecule has 2 bridgehead atoms. The monoisotopic (exact) mass is 709 g/mol. The Morgan fingerprint density at radius 3 is 1.75 bits per heavy atom. The van der Waals surface area contributed by atoms with Gasteiger partial charge in [-0.25, -0.2) is 0 Å². The van der Waals surface area contributed by atoms with E-state index >= 15 is 0 Å². The maximum Gasteiger partial charge on any atom is 0.250 e. The summed E-state index contributed by atoms with van der Waals surface area (Å²) in [6.45, 7) is 19.2. The number of amides is 3. The zero-order valence-electron chi connectivity index (χ0n) is 32.0. The van der Waals surface area contributed by atoms with Gasteiger partial charge in [0.2, 0.25) is 17.7 Å². The Kier molecular flexibility index (Phi) is 11.9. The summed E-state index contributed by atoms with van der Waals surface area (Å²) >= 11 is 0. The number of carbonyl (C=O) groups excluding carboxylic acids is 3. The van der Waals surface area contributed by atoms with Crippen molar-refractivity contribution < 1.29 is 33.3 Å². The molecule has 5 aliphatic carbocycles. The van der Waals surface area contributed by atoms with E-state index in [0.717, 1.165) is 62.1 Å². The van der Waals surface area contributed by atoms with Crippen LogP contribution in [0, 0.1) is 41.4 Å². The van der Waals surface area contributed by atoms with Gasteiger partial charge in [0.1, 0.15) is 6.73 Å². The van der Waals surface area contributed by atoms with E-state index in [1.165, 1.54) is 44.9 Å². The lowest BCUT2D eigenvalue weighted by atomic mass is 9.75. The zero-order valence-corrected chi connectivity index (χ0v) is 32.0. The molecule has 0 radical (unpaired) electrons. The number of nitrogens with zero attached hydrogens (tertiary/aromatic N) is 3. The lowest BCUT2D eigenvalue weighted by Crippen LogP contribution is -2.37. The molecule has 51 heavy (non-hydrogen) atoms. The van der Waals surface area contributed by atoms with Crippen molar-refractivity contribution in [1.29, 1.82) is 0 Å². The van der Waals surface area contributed by atoms with Gasteiger partial charge in [-0.05, 0) is 120 Å². The number of hydrogen-bond acceptors (Lipinski definition) is 7. The van der Waals surface area contributed by atoms with Crippen molar-refractivity contribution in [1.82, 2.24) is 14.7 Å². The van der Waals surface area contributed by atoms with Gasteiger partial charge in [-0.2, -0.15) is 0 Å². The molecule has 3 aliphatic heterocycles. The molecule has 8 rings (SSSR count). The third-order valence-electron chi connectivity index (χ3n) is 12.9. The van der Waals surface area contributed by atoms with Crippen molar-refractivity contribution in [3.8, 4) is 0 Å². The van der Waals surface area contributed by atoms with Crippen LogP contribution in [0.1, 0.15) is 78.6 Å². The van der Waals surface area contributed by atoms with Gasteiger partial charge >= 0.3 is 0 Å². The molecular formula is C41H63N3O7. The van der Waals surface area contributed by atoms with Crippen molar-refractivity contribution in [2.45, 2.75) is 115 Å². The Balaban J connectivity index is 0.000000133. The molecule has 0 N–H and O–H groups in total. The highest BCUT2D eigenvalue weighted by Crippen LogP contribution is 2.65. The highest BCUT2D eigenvalue weighted by Gasteiger charge is 2.66. The SMILES string of the molecule is C=C(C)C(=O)N(C)CC1CC2CC1C1CC3OC3C21.C=C(C)C(=O)N(C)CC1CCC2OC2C1.C=C(C)C(=O)N(C)COCC1CCC2OC2C1. The van der Waals surface area contributed by atoms with Crippen molar-refractivity contribution in [3.63, 3.8) is 0 Å². The predicted octanol–water partition coefficient (Wildman–Crippen LogP) is 5.23. The van der Waals surface area contributed by atoms with Gasteiger partial charge in [0.25, 0.3) is 0 Å². The van der Waals surface area contributed by atoms with Crippen LogP contribution in [0.25, 0.3) is 0 Å². The van der Waals surface area contributed by atoms with Crippen LogP contribution in [-0.2, 0) is 33.3 Å². The summed E-state index contributed by atoms with van der Waals surface area (Å²) < 4.78 is 22.3. The minimum absolute atomic E-state index is 0.0563. The summed E-state index contributed by atoms with van der Waals surface area (Å²) in [6.07, 6.45) is 14.2. The highest BCUT2D eigenvalue weighted by atomic mass is 16.6. The van der Waals surface area contributed by atoms with E-state index in [0.29, 0.717) is 71.9 Å². The summed E-state index contributed by atoms with van der Waals surface area (Å²) in [5.41, 5.74) is 1.82. The smallest absolute Gasteiger partial charge is 0.250 e. The lowest BCUT2D eigenvalue weighted by Gasteiger charge is -2.34. The third-order valence-corrected chi connectivity index (χ3v) is 12.9. The summed E-state index contributed by atoms with van der Waals surface area (Å²) in [6, 6.07) is 0. The van der Waals surface area contributed by atoms with Crippen LogP contribution >= 0.6 is 0 Å². The van der Waals surface area contributed by atoms with Crippen molar-refractivity contribution in [2.24, 2.45) is 41.4 Å². The van der Waals surface area contributed by atoms with Gasteiger partial charge < -0.3 is 33.6 Å². The first-order valence-electron chi connectivity index (χ1n) is 19.5. The fourth-order valence-electron chi connectivity index (χ4n) is 10.3. The van der Waals surface area contributed by atoms with Crippen LogP contribution in [0.15, 0.2) is 36.5 Å². The molecule has 8 aliphatic rings. The van der Waals surface area contributed by atoms with E-state index in [9.17, 15) is 14.4 Å². The molecule has 5 saturated carbocycles. The number of likely N-dealkylation sites (N-methyl/N-ethyl adjacent to an activating group) is 3. The minimum atomic E-state index is -0.0563. The van der Waals surface area contributed by atoms with Crippen LogP contribution in [-0.4, -0.2) is 117 Å². The van der Waals surface area contributed by atoms with Crippen LogP contribution in [0.5, 0.6) is 0 Å². The molecule has 3 saturated heterocycles. The average Bonchev–Trinajstić information content (AvgIpc) is 4.05. The Morgan fingerprint density at radius 1 is 0.608 bits per heavy atom. The van der Waals surface area contributed by atoms with E-state index in [4.69, 9.17) is 18.9 Å². The van der Waals surface area contributed by atoms with E-state index in [-0.39, 0.29) is 17.7 Å². The first-order valence-corrected chi connectivity index (χ1v) is 19.5. The number of ether oxygens (including phenoxy) is 4. The summed E-state index contributed by atoms with van der Waals surface area (Å²) in [7, 11) is 5.52. The molecule has 13 atom stereocenters. The second kappa shape index (κ2) is 15.8. The average molecular weight is 710 g/mol. The molecule has 284 valence electrons. The Labute approximate surface area is 305 Å². The molecule has 0 aromatic rings. The van der Waals surface area contributed by atoms with Crippen molar-refractivity contribution >= 4 is 17.7 Å². The molecule has 0 aromatic carbocycles. The van der Waals surface area contributed by atoms with E-state index in [1.807, 2.05) is 19.0 Å². The summed E-state index contributed by atoms with van der Waals surface area (Å²) in [5, 5.41) is 0. The van der Waals surface area contributed by atoms with Gasteiger partial charge in [-0.15, -0.1) is 0 Å². The second-order valence-corrected chi connectivity index (χ2v) is 17.3. The van der Waals surface area contributed by atoms with E-state index in [1.54, 1.807) is 37.6 Å². The topological polar surface area (TPSA) is 108 Å². The lowest BCUT2D eigenvalue weighted by molar-refractivity contribution is -0.131. The number of carbonyl (C=O) groups is 3. The molecule has 3 heterocycles. The number of rotatable bonds is 11. The maximum atomic E-state index is 11.9. The maximum absolute atomic E-state index is 11.9. The molecular weight excluding hydrogens is 646 g/mol. The Bertz CT molecular complexity index is 1370. The van der Waals surface area contributed by atoms with Crippen LogP contribution < -0.4 is 0 Å². The molecule has 0 aromatic heterocycles. The number of hydrogen-bond donors (Lipinski definition) is 0. The fraction of sp³-hybridized carbons (Fsp3) is 0.780. The zero-order chi connectivity index (χ0) is 36.7. The summed E-state index contributed by atoms with van der Waals surface area (Å²) in [4.78, 5) is 40.3. The Hall–Kier alpha value is -2.53. The first-order chi connectivity index (χ1) is 24.2.